The maximum Gasteiger partial charge on any atom is 0.204 e. The minimum absolute atomic E-state index is 0.254. The molecule has 6 rings (SSSR count). The van der Waals surface area contributed by atoms with Crippen LogP contribution >= 0.6 is 0 Å². The second-order valence-corrected chi connectivity index (χ2v) is 13.5. The quantitative estimate of drug-likeness (QED) is 0.0931. The Morgan fingerprint density at radius 2 is 1.46 bits per heavy atom. The zero-order valence-electron chi connectivity index (χ0n) is 28.2. The summed E-state index contributed by atoms with van der Waals surface area (Å²) in [5.41, 5.74) is 3.34. The fourth-order valence-corrected chi connectivity index (χ4v) is 5.99. The molecule has 10 nitrogen and oxygen atoms in total. The molecule has 6 aromatic rings. The van der Waals surface area contributed by atoms with E-state index in [1.54, 1.807) is 35.1 Å². The van der Waals surface area contributed by atoms with Gasteiger partial charge in [-0.25, -0.2) is 13.1 Å². The summed E-state index contributed by atoms with van der Waals surface area (Å²) in [4.78, 5) is 0.254. The lowest BCUT2D eigenvalue weighted by Crippen LogP contribution is -2.10. The van der Waals surface area contributed by atoms with Crippen LogP contribution in [0.1, 0.15) is 31.4 Å². The van der Waals surface area contributed by atoms with E-state index in [2.05, 4.69) is 10.3 Å². The molecule has 5 aromatic carbocycles. The Kier molecular flexibility index (Phi) is 11.1. The molecule has 0 fully saturated rings. The standard InChI is InChI=1S/C39H39N3O7S/c1-4-45-39(46-5-2)37-26-42(41-40-37)23-24-47-31-14-16-32(17-15-31)49-38-35(29-11-19-34(20-12-29)50(3,43)44)21-13-30-25-33(18-22-36(30)38)48-27-28-9-7-6-8-10-28/h6-22,25-26,39H,4-5,23-24,27H2,1-3H3. The molecule has 0 atom stereocenters. The van der Waals surface area contributed by atoms with Crippen LogP contribution < -0.4 is 14.2 Å². The van der Waals surface area contributed by atoms with E-state index >= 15 is 0 Å². The number of sulfone groups is 1. The lowest BCUT2D eigenvalue weighted by atomic mass is 9.99. The summed E-state index contributed by atoms with van der Waals surface area (Å²) in [5.74, 6) is 2.66. The predicted molar refractivity (Wildman–Crippen MR) is 191 cm³/mol. The molecule has 0 amide bonds. The van der Waals surface area contributed by atoms with E-state index < -0.39 is 16.1 Å². The molecule has 0 unspecified atom stereocenters. The smallest absolute Gasteiger partial charge is 0.204 e. The Morgan fingerprint density at radius 3 is 2.16 bits per heavy atom. The third-order valence-electron chi connectivity index (χ3n) is 7.85. The van der Waals surface area contributed by atoms with Gasteiger partial charge in [0, 0.05) is 30.4 Å². The van der Waals surface area contributed by atoms with Crippen LogP contribution in [0.5, 0.6) is 23.0 Å². The van der Waals surface area contributed by atoms with Crippen LogP contribution in [-0.2, 0) is 32.5 Å². The summed E-state index contributed by atoms with van der Waals surface area (Å²) in [6.45, 7) is 6.14. The molecule has 0 radical (unpaired) electrons. The van der Waals surface area contributed by atoms with Gasteiger partial charge in [0.1, 0.15) is 41.9 Å². The van der Waals surface area contributed by atoms with Crippen LogP contribution in [0, 0.1) is 0 Å². The van der Waals surface area contributed by atoms with Gasteiger partial charge in [-0.2, -0.15) is 0 Å². The van der Waals surface area contributed by atoms with Gasteiger partial charge < -0.3 is 23.7 Å². The van der Waals surface area contributed by atoms with Gasteiger partial charge in [-0.1, -0.05) is 53.7 Å². The summed E-state index contributed by atoms with van der Waals surface area (Å²) < 4.78 is 55.8. The van der Waals surface area contributed by atoms with Crippen LogP contribution in [0.3, 0.4) is 0 Å². The zero-order valence-corrected chi connectivity index (χ0v) is 29.0. The molecule has 0 spiro atoms. The lowest BCUT2D eigenvalue weighted by Gasteiger charge is -2.16. The van der Waals surface area contributed by atoms with Crippen molar-refractivity contribution in [2.45, 2.75) is 38.2 Å². The van der Waals surface area contributed by atoms with Gasteiger partial charge in [-0.3, -0.25) is 0 Å². The molecule has 1 heterocycles. The monoisotopic (exact) mass is 693 g/mol. The molecule has 11 heteroatoms. The van der Waals surface area contributed by atoms with Crippen LogP contribution in [0.15, 0.2) is 120 Å². The Morgan fingerprint density at radius 1 is 0.760 bits per heavy atom. The van der Waals surface area contributed by atoms with Gasteiger partial charge in [-0.15, -0.1) is 5.10 Å². The van der Waals surface area contributed by atoms with Gasteiger partial charge in [0.15, 0.2) is 9.84 Å². The molecule has 0 saturated carbocycles. The summed E-state index contributed by atoms with van der Waals surface area (Å²) >= 11 is 0. The van der Waals surface area contributed by atoms with Crippen LogP contribution in [0.2, 0.25) is 0 Å². The number of aromatic nitrogens is 3. The summed E-state index contributed by atoms with van der Waals surface area (Å²) in [6, 6.07) is 34.1. The summed E-state index contributed by atoms with van der Waals surface area (Å²) in [6.07, 6.45) is 2.45. The molecular weight excluding hydrogens is 655 g/mol. The first kappa shape index (κ1) is 34.6. The molecule has 0 bridgehead atoms. The minimum atomic E-state index is -3.33. The van der Waals surface area contributed by atoms with E-state index in [4.69, 9.17) is 23.7 Å². The van der Waals surface area contributed by atoms with Gasteiger partial charge in [-0.05, 0) is 91.0 Å². The normalized spacial score (nSPS) is 11.6. The molecular formula is C39H39N3O7S. The second-order valence-electron chi connectivity index (χ2n) is 11.5. The number of benzene rings is 5. The summed E-state index contributed by atoms with van der Waals surface area (Å²) in [5, 5.41) is 10.2. The van der Waals surface area contributed by atoms with E-state index in [1.165, 1.54) is 6.26 Å². The Bertz CT molecular complexity index is 2110. The zero-order chi connectivity index (χ0) is 34.9. The Hall–Kier alpha value is -5.23. The highest BCUT2D eigenvalue weighted by Crippen LogP contribution is 2.41. The van der Waals surface area contributed by atoms with Crippen molar-refractivity contribution in [2.75, 3.05) is 26.1 Å². The maximum absolute atomic E-state index is 12.1. The fourth-order valence-electron chi connectivity index (χ4n) is 5.36. The third-order valence-corrected chi connectivity index (χ3v) is 8.98. The third kappa shape index (κ3) is 8.67. The Balaban J connectivity index is 1.20. The summed E-state index contributed by atoms with van der Waals surface area (Å²) in [7, 11) is -3.33. The highest BCUT2D eigenvalue weighted by molar-refractivity contribution is 7.90. The highest BCUT2D eigenvalue weighted by atomic mass is 32.2. The minimum Gasteiger partial charge on any atom is -0.492 e. The van der Waals surface area contributed by atoms with Crippen molar-refractivity contribution in [3.05, 3.63) is 127 Å². The van der Waals surface area contributed by atoms with E-state index in [0.29, 0.717) is 55.9 Å². The number of hydrogen-bond donors (Lipinski definition) is 0. The number of fused-ring (bicyclic) bond motifs is 1. The highest BCUT2D eigenvalue weighted by Gasteiger charge is 2.17. The molecule has 0 aliphatic heterocycles. The predicted octanol–water partition coefficient (Wildman–Crippen LogP) is 8.02. The molecule has 0 N–H and O–H groups in total. The number of hydrogen-bond acceptors (Lipinski definition) is 9. The van der Waals surface area contributed by atoms with Crippen molar-refractivity contribution in [1.29, 1.82) is 0 Å². The van der Waals surface area contributed by atoms with Crippen LogP contribution in [0.4, 0.5) is 0 Å². The van der Waals surface area contributed by atoms with Crippen LogP contribution in [0.25, 0.3) is 21.9 Å². The second kappa shape index (κ2) is 16.0. The maximum atomic E-state index is 12.1. The van der Waals surface area contributed by atoms with Crippen molar-refractivity contribution in [2.24, 2.45) is 0 Å². The number of nitrogens with zero attached hydrogens (tertiary/aromatic N) is 3. The van der Waals surface area contributed by atoms with Crippen molar-refractivity contribution in [1.82, 2.24) is 15.0 Å². The first-order valence-electron chi connectivity index (χ1n) is 16.4. The van der Waals surface area contributed by atoms with Crippen molar-refractivity contribution in [3.63, 3.8) is 0 Å². The number of rotatable bonds is 16. The van der Waals surface area contributed by atoms with Gasteiger partial charge in [0.25, 0.3) is 0 Å². The lowest BCUT2D eigenvalue weighted by molar-refractivity contribution is -0.142. The molecule has 258 valence electrons. The topological polar surface area (TPSA) is 111 Å². The molecule has 0 saturated heterocycles. The molecule has 50 heavy (non-hydrogen) atoms. The molecule has 1 aromatic heterocycles. The molecule has 0 aliphatic rings. The van der Waals surface area contributed by atoms with E-state index in [1.807, 2.05) is 98.8 Å². The van der Waals surface area contributed by atoms with E-state index in [9.17, 15) is 8.42 Å². The largest absolute Gasteiger partial charge is 0.492 e. The average Bonchev–Trinajstić information content (AvgIpc) is 3.60. The fraction of sp³-hybridized carbons (Fsp3) is 0.231. The number of ether oxygens (including phenoxy) is 5. The van der Waals surface area contributed by atoms with E-state index in [-0.39, 0.29) is 4.90 Å². The van der Waals surface area contributed by atoms with Crippen molar-refractivity contribution in [3.8, 4) is 34.1 Å². The molecule has 0 aliphatic carbocycles. The van der Waals surface area contributed by atoms with Crippen LogP contribution in [-0.4, -0.2) is 49.5 Å². The van der Waals surface area contributed by atoms with Gasteiger partial charge in [0.05, 0.1) is 17.6 Å². The first-order valence-corrected chi connectivity index (χ1v) is 18.3. The average molecular weight is 694 g/mol. The van der Waals surface area contributed by atoms with Crippen molar-refractivity contribution < 1.29 is 32.1 Å². The van der Waals surface area contributed by atoms with Crippen molar-refractivity contribution >= 4 is 20.6 Å². The van der Waals surface area contributed by atoms with Gasteiger partial charge >= 0.3 is 0 Å². The SMILES string of the molecule is CCOC(OCC)c1cn(CCOc2ccc(Oc3c(-c4ccc(S(C)(=O)=O)cc4)ccc4cc(OCc5ccccc5)ccc34)cc2)nn1. The van der Waals surface area contributed by atoms with E-state index in [0.717, 1.165) is 33.2 Å². The Labute approximate surface area is 292 Å². The van der Waals surface area contributed by atoms with Gasteiger partial charge in [0.2, 0.25) is 6.29 Å². The first-order chi connectivity index (χ1) is 24.3.